The van der Waals surface area contributed by atoms with Crippen LogP contribution in [-0.2, 0) is 9.47 Å². The predicted molar refractivity (Wildman–Crippen MR) is 71.1 cm³/mol. The lowest BCUT2D eigenvalue weighted by Crippen LogP contribution is -2.17. The zero-order valence-corrected chi connectivity index (χ0v) is 11.2. The third-order valence-corrected chi connectivity index (χ3v) is 2.43. The van der Waals surface area contributed by atoms with Crippen LogP contribution >= 0.6 is 0 Å². The highest BCUT2D eigenvalue weighted by molar-refractivity contribution is 5.69. The number of hydrogen-bond donors (Lipinski definition) is 2. The van der Waals surface area contributed by atoms with E-state index >= 15 is 0 Å². The van der Waals surface area contributed by atoms with Crippen LogP contribution < -0.4 is 16.1 Å². The molecule has 20 heavy (non-hydrogen) atoms. The normalized spacial score (nSPS) is 11.1. The third kappa shape index (κ3) is 3.45. The fraction of sp³-hybridized carbons (Fsp3) is 0.545. The number of imidazole rings is 1. The maximum absolute atomic E-state index is 11.5. The molecule has 110 valence electrons. The van der Waals surface area contributed by atoms with E-state index in [1.54, 1.807) is 0 Å². The lowest BCUT2D eigenvalue weighted by molar-refractivity contribution is -0.0543. The van der Waals surface area contributed by atoms with Gasteiger partial charge in [0, 0.05) is 13.0 Å². The van der Waals surface area contributed by atoms with Gasteiger partial charge in [-0.2, -0.15) is 9.71 Å². The number of aromatic amines is 1. The number of rotatable bonds is 8. The van der Waals surface area contributed by atoms with Crippen molar-refractivity contribution in [1.29, 1.82) is 0 Å². The summed E-state index contributed by atoms with van der Waals surface area (Å²) in [6, 6.07) is 0. The van der Waals surface area contributed by atoms with E-state index in [0.717, 1.165) is 0 Å². The summed E-state index contributed by atoms with van der Waals surface area (Å²) in [4.78, 5) is 27.3. The molecule has 0 saturated carbocycles. The van der Waals surface area contributed by atoms with Crippen molar-refractivity contribution < 1.29 is 14.3 Å². The van der Waals surface area contributed by atoms with Gasteiger partial charge in [-0.05, 0) is 6.92 Å². The molecular weight excluding hydrogens is 266 g/mol. The first-order valence-electron chi connectivity index (χ1n) is 6.24. The molecular formula is C11H17N5O4. The molecule has 2 heterocycles. The second kappa shape index (κ2) is 6.87. The lowest BCUT2D eigenvalue weighted by atomic mass is 10.5. The van der Waals surface area contributed by atoms with E-state index in [9.17, 15) is 4.79 Å². The highest BCUT2D eigenvalue weighted by Gasteiger charge is 2.09. The van der Waals surface area contributed by atoms with Crippen LogP contribution in [0.5, 0.6) is 0 Å². The van der Waals surface area contributed by atoms with Gasteiger partial charge < -0.3 is 20.0 Å². The van der Waals surface area contributed by atoms with E-state index in [1.807, 2.05) is 6.92 Å². The van der Waals surface area contributed by atoms with Crippen molar-refractivity contribution in [3.05, 3.63) is 16.7 Å². The first-order valence-corrected chi connectivity index (χ1v) is 6.24. The quantitative estimate of drug-likeness (QED) is 0.496. The highest BCUT2D eigenvalue weighted by atomic mass is 16.7. The van der Waals surface area contributed by atoms with E-state index in [1.165, 1.54) is 11.1 Å². The van der Waals surface area contributed by atoms with Crippen LogP contribution in [0.2, 0.25) is 0 Å². The molecule has 0 aliphatic rings. The Morgan fingerprint density at radius 1 is 1.40 bits per heavy atom. The Morgan fingerprint density at radius 3 is 3.05 bits per heavy atom. The molecule has 2 aromatic rings. The molecule has 0 aliphatic carbocycles. The molecule has 0 radical (unpaired) electrons. The molecule has 0 fully saturated rings. The van der Waals surface area contributed by atoms with Crippen LogP contribution in [0.3, 0.4) is 0 Å². The van der Waals surface area contributed by atoms with Gasteiger partial charge in [0.25, 0.3) is 5.56 Å². The highest BCUT2D eigenvalue weighted by Crippen LogP contribution is 2.04. The van der Waals surface area contributed by atoms with Gasteiger partial charge in [-0.15, -0.1) is 0 Å². The van der Waals surface area contributed by atoms with Gasteiger partial charge >= 0.3 is 0 Å². The predicted octanol–water partition coefficient (Wildman–Crippen LogP) is -0.469. The van der Waals surface area contributed by atoms with Gasteiger partial charge in [-0.3, -0.25) is 9.78 Å². The molecule has 9 nitrogen and oxygen atoms in total. The van der Waals surface area contributed by atoms with Crippen molar-refractivity contribution in [2.45, 2.75) is 13.3 Å². The number of anilines is 1. The van der Waals surface area contributed by atoms with Crippen molar-refractivity contribution in [2.75, 3.05) is 32.3 Å². The van der Waals surface area contributed by atoms with Gasteiger partial charge in [-0.25, -0.2) is 4.98 Å². The molecule has 0 unspecified atom stereocenters. The third-order valence-electron chi connectivity index (χ3n) is 2.43. The average Bonchev–Trinajstić information content (AvgIpc) is 2.81. The Bertz CT molecular complexity index is 608. The smallest absolute Gasteiger partial charge is 0.280 e. The van der Waals surface area contributed by atoms with Crippen molar-refractivity contribution in [1.82, 2.24) is 19.7 Å². The Morgan fingerprint density at radius 2 is 2.25 bits per heavy atom. The molecule has 0 spiro atoms. The van der Waals surface area contributed by atoms with E-state index in [2.05, 4.69) is 15.0 Å². The van der Waals surface area contributed by atoms with Crippen molar-refractivity contribution in [3.8, 4) is 0 Å². The molecule has 0 saturated heterocycles. The van der Waals surface area contributed by atoms with Crippen molar-refractivity contribution in [3.63, 3.8) is 0 Å². The van der Waals surface area contributed by atoms with Crippen molar-refractivity contribution >= 4 is 17.1 Å². The van der Waals surface area contributed by atoms with E-state index in [-0.39, 0.29) is 18.3 Å². The second-order valence-corrected chi connectivity index (χ2v) is 3.90. The second-order valence-electron chi connectivity index (χ2n) is 3.90. The molecule has 0 amide bonds. The topological polar surface area (TPSA) is 117 Å². The van der Waals surface area contributed by atoms with Crippen LogP contribution in [-0.4, -0.2) is 46.3 Å². The minimum absolute atomic E-state index is 0.0212. The minimum Gasteiger partial charge on any atom is -0.411 e. The number of fused-ring (bicyclic) bond motifs is 1. The summed E-state index contributed by atoms with van der Waals surface area (Å²) in [5.41, 5.74) is 5.56. The summed E-state index contributed by atoms with van der Waals surface area (Å²) in [6.07, 6.45) is 2.05. The van der Waals surface area contributed by atoms with E-state index < -0.39 is 5.56 Å². The number of hydrogen-bond acceptors (Lipinski definition) is 7. The molecule has 2 rings (SSSR count). The Kier molecular flexibility index (Phi) is 4.91. The molecule has 0 aliphatic heterocycles. The van der Waals surface area contributed by atoms with Crippen LogP contribution in [0.15, 0.2) is 11.1 Å². The van der Waals surface area contributed by atoms with Crippen LogP contribution in [0.1, 0.15) is 13.3 Å². The summed E-state index contributed by atoms with van der Waals surface area (Å²) in [5.74, 6) is 0.0212. The first-order chi connectivity index (χ1) is 9.72. The Labute approximate surface area is 114 Å². The fourth-order valence-corrected chi connectivity index (χ4v) is 1.53. The van der Waals surface area contributed by atoms with Crippen LogP contribution in [0.25, 0.3) is 11.2 Å². The summed E-state index contributed by atoms with van der Waals surface area (Å²) in [7, 11) is 0. The lowest BCUT2D eigenvalue weighted by Gasteiger charge is -2.07. The number of nitrogen functional groups attached to an aromatic ring is 1. The van der Waals surface area contributed by atoms with Crippen LogP contribution in [0, 0.1) is 0 Å². The summed E-state index contributed by atoms with van der Waals surface area (Å²) in [5, 5.41) is 0. The molecule has 0 atom stereocenters. The minimum atomic E-state index is -0.394. The summed E-state index contributed by atoms with van der Waals surface area (Å²) in [6.45, 7) is 3.71. The molecule has 0 bridgehead atoms. The average molecular weight is 283 g/mol. The summed E-state index contributed by atoms with van der Waals surface area (Å²) >= 11 is 0. The SMILES string of the molecule is CCOCOCCCOn1cnc2c(=O)[nH]c(N)nc21. The first kappa shape index (κ1) is 14.3. The largest absolute Gasteiger partial charge is 0.411 e. The maximum Gasteiger partial charge on any atom is 0.280 e. The molecule has 0 aromatic carbocycles. The van der Waals surface area contributed by atoms with Crippen LogP contribution in [0.4, 0.5) is 5.95 Å². The Balaban J connectivity index is 1.86. The zero-order valence-electron chi connectivity index (χ0n) is 11.2. The number of nitrogens with two attached hydrogens (primary N) is 1. The van der Waals surface area contributed by atoms with Crippen molar-refractivity contribution in [2.24, 2.45) is 0 Å². The fourth-order valence-electron chi connectivity index (χ4n) is 1.53. The Hall–Kier alpha value is -2.13. The number of nitrogens with zero attached hydrogens (tertiary/aromatic N) is 3. The van der Waals surface area contributed by atoms with Gasteiger partial charge in [0.1, 0.15) is 19.7 Å². The number of aromatic nitrogens is 4. The number of nitrogens with one attached hydrogen (secondary N) is 1. The monoisotopic (exact) mass is 283 g/mol. The van der Waals surface area contributed by atoms with E-state index in [0.29, 0.717) is 31.9 Å². The summed E-state index contributed by atoms with van der Waals surface area (Å²) < 4.78 is 11.6. The maximum atomic E-state index is 11.5. The van der Waals surface area contributed by atoms with Gasteiger partial charge in [0.2, 0.25) is 11.6 Å². The van der Waals surface area contributed by atoms with Gasteiger partial charge in [-0.1, -0.05) is 0 Å². The molecule has 3 N–H and O–H groups in total. The van der Waals surface area contributed by atoms with E-state index in [4.69, 9.17) is 20.0 Å². The molecule has 9 heteroatoms. The zero-order chi connectivity index (χ0) is 14.4. The molecule has 2 aromatic heterocycles. The number of ether oxygens (including phenoxy) is 2. The van der Waals surface area contributed by atoms with Gasteiger partial charge in [0.15, 0.2) is 5.52 Å². The van der Waals surface area contributed by atoms with Gasteiger partial charge in [0.05, 0.1) is 6.61 Å². The standard InChI is InChI=1S/C11H17N5O4/c1-2-18-7-19-4-3-5-20-16-6-13-8-9(16)14-11(12)15-10(8)17/h6H,2-5,7H2,1H3,(H3,12,14,15,17). The number of H-pyrrole nitrogens is 1.